The van der Waals surface area contributed by atoms with Gasteiger partial charge in [-0.1, -0.05) is 20.8 Å². The Morgan fingerprint density at radius 3 is 2.25 bits per heavy atom. The molecule has 3 heteroatoms. The normalized spacial score (nSPS) is 29.1. The van der Waals surface area contributed by atoms with Crippen molar-refractivity contribution >= 4 is 9.84 Å². The second kappa shape index (κ2) is 3.02. The zero-order valence-corrected chi connectivity index (χ0v) is 8.95. The topological polar surface area (TPSA) is 34.1 Å². The van der Waals surface area contributed by atoms with Gasteiger partial charge in [0, 0.05) is 0 Å². The first-order chi connectivity index (χ1) is 5.29. The lowest BCUT2D eigenvalue weighted by molar-refractivity contribution is 0.311. The highest BCUT2D eigenvalue weighted by Gasteiger charge is 2.30. The summed E-state index contributed by atoms with van der Waals surface area (Å²) < 4.78 is 22.3. The van der Waals surface area contributed by atoms with Crippen LogP contribution in [0.5, 0.6) is 0 Å². The van der Waals surface area contributed by atoms with Crippen LogP contribution < -0.4 is 0 Å². The highest BCUT2D eigenvalue weighted by atomic mass is 32.2. The van der Waals surface area contributed by atoms with E-state index in [9.17, 15) is 8.42 Å². The molecule has 0 amide bonds. The van der Waals surface area contributed by atoms with E-state index in [1.807, 2.05) is 0 Å². The highest BCUT2D eigenvalue weighted by molar-refractivity contribution is 7.91. The lowest BCUT2D eigenvalue weighted by atomic mass is 9.84. The number of sulfone groups is 1. The molecule has 0 bridgehead atoms. The molecule has 0 aromatic carbocycles. The Balaban J connectivity index is 2.49. The van der Waals surface area contributed by atoms with Gasteiger partial charge in [0.15, 0.2) is 9.84 Å². The van der Waals surface area contributed by atoms with E-state index in [1.165, 1.54) is 0 Å². The Bertz CT molecular complexity index is 246. The highest BCUT2D eigenvalue weighted by Crippen LogP contribution is 2.31. The van der Waals surface area contributed by atoms with E-state index in [-0.39, 0.29) is 5.41 Å². The van der Waals surface area contributed by atoms with Gasteiger partial charge in [-0.2, -0.15) is 0 Å². The molecular formula is C9H18O2S. The molecular weight excluding hydrogens is 172 g/mol. The maximum Gasteiger partial charge on any atom is 0.150 e. The lowest BCUT2D eigenvalue weighted by Crippen LogP contribution is -2.14. The minimum absolute atomic E-state index is 0.268. The molecule has 1 aliphatic heterocycles. The third kappa shape index (κ3) is 3.13. The first-order valence-electron chi connectivity index (χ1n) is 4.49. The molecule has 72 valence electrons. The molecule has 1 saturated heterocycles. The van der Waals surface area contributed by atoms with Crippen molar-refractivity contribution in [2.24, 2.45) is 11.3 Å². The predicted octanol–water partition coefficient (Wildman–Crippen LogP) is 1.86. The summed E-state index contributed by atoms with van der Waals surface area (Å²) in [5.41, 5.74) is 0.268. The smallest absolute Gasteiger partial charge is 0.150 e. The van der Waals surface area contributed by atoms with E-state index in [1.54, 1.807) is 0 Å². The molecule has 1 atom stereocenters. The van der Waals surface area contributed by atoms with Crippen LogP contribution in [-0.2, 0) is 9.84 Å². The SMILES string of the molecule is CC(C)(C)CC1CCS(=O)(=O)C1. The summed E-state index contributed by atoms with van der Waals surface area (Å²) in [4.78, 5) is 0. The van der Waals surface area contributed by atoms with E-state index in [2.05, 4.69) is 20.8 Å². The van der Waals surface area contributed by atoms with Gasteiger partial charge in [0.05, 0.1) is 11.5 Å². The molecule has 1 heterocycles. The molecule has 0 N–H and O–H groups in total. The van der Waals surface area contributed by atoms with Gasteiger partial charge in [-0.05, 0) is 24.2 Å². The quantitative estimate of drug-likeness (QED) is 0.632. The maximum atomic E-state index is 11.1. The number of hydrogen-bond acceptors (Lipinski definition) is 2. The molecule has 0 radical (unpaired) electrons. The summed E-state index contributed by atoms with van der Waals surface area (Å²) in [6, 6.07) is 0. The molecule has 1 fully saturated rings. The summed E-state index contributed by atoms with van der Waals surface area (Å²) >= 11 is 0. The summed E-state index contributed by atoms with van der Waals surface area (Å²) in [5.74, 6) is 1.24. The Labute approximate surface area is 75.3 Å². The fourth-order valence-electron chi connectivity index (χ4n) is 1.90. The van der Waals surface area contributed by atoms with Crippen molar-refractivity contribution in [2.45, 2.75) is 33.6 Å². The van der Waals surface area contributed by atoms with E-state index in [0.717, 1.165) is 12.8 Å². The van der Waals surface area contributed by atoms with Gasteiger partial charge in [-0.3, -0.25) is 0 Å². The van der Waals surface area contributed by atoms with Gasteiger partial charge in [-0.25, -0.2) is 8.42 Å². The van der Waals surface area contributed by atoms with Gasteiger partial charge in [0.25, 0.3) is 0 Å². The Morgan fingerprint density at radius 1 is 1.33 bits per heavy atom. The summed E-state index contributed by atoms with van der Waals surface area (Å²) in [7, 11) is -2.67. The van der Waals surface area contributed by atoms with Crippen molar-refractivity contribution < 1.29 is 8.42 Å². The Morgan fingerprint density at radius 2 is 1.92 bits per heavy atom. The molecule has 12 heavy (non-hydrogen) atoms. The van der Waals surface area contributed by atoms with Crippen LogP contribution in [0.4, 0.5) is 0 Å². The monoisotopic (exact) mass is 190 g/mol. The maximum absolute atomic E-state index is 11.1. The van der Waals surface area contributed by atoms with Crippen LogP contribution in [0.3, 0.4) is 0 Å². The molecule has 1 unspecified atom stereocenters. The van der Waals surface area contributed by atoms with Crippen molar-refractivity contribution in [3.63, 3.8) is 0 Å². The van der Waals surface area contributed by atoms with Gasteiger partial charge < -0.3 is 0 Å². The van der Waals surface area contributed by atoms with Gasteiger partial charge in [0.1, 0.15) is 0 Å². The second-order valence-corrected chi connectivity index (χ2v) is 7.26. The minimum Gasteiger partial charge on any atom is -0.229 e. The molecule has 0 aromatic rings. The first-order valence-corrected chi connectivity index (χ1v) is 6.31. The van der Waals surface area contributed by atoms with E-state index in [0.29, 0.717) is 17.4 Å². The van der Waals surface area contributed by atoms with Crippen molar-refractivity contribution in [1.82, 2.24) is 0 Å². The van der Waals surface area contributed by atoms with Crippen molar-refractivity contribution in [1.29, 1.82) is 0 Å². The van der Waals surface area contributed by atoms with Crippen LogP contribution in [0.1, 0.15) is 33.6 Å². The zero-order valence-electron chi connectivity index (χ0n) is 8.13. The predicted molar refractivity (Wildman–Crippen MR) is 50.8 cm³/mol. The van der Waals surface area contributed by atoms with Crippen LogP contribution in [0.25, 0.3) is 0 Å². The molecule has 0 aromatic heterocycles. The zero-order chi connectivity index (χ0) is 9.41. The number of hydrogen-bond donors (Lipinski definition) is 0. The fourth-order valence-corrected chi connectivity index (χ4v) is 3.76. The van der Waals surface area contributed by atoms with Crippen molar-refractivity contribution in [3.05, 3.63) is 0 Å². The molecule has 0 aliphatic carbocycles. The number of rotatable bonds is 1. The average Bonchev–Trinajstić information content (AvgIpc) is 2.05. The van der Waals surface area contributed by atoms with Crippen LogP contribution in [0.15, 0.2) is 0 Å². The van der Waals surface area contributed by atoms with Gasteiger partial charge in [0.2, 0.25) is 0 Å². The van der Waals surface area contributed by atoms with Crippen LogP contribution >= 0.6 is 0 Å². The second-order valence-electron chi connectivity index (χ2n) is 5.03. The molecule has 2 nitrogen and oxygen atoms in total. The summed E-state index contributed by atoms with van der Waals surface area (Å²) in [6.07, 6.45) is 1.91. The summed E-state index contributed by atoms with van der Waals surface area (Å²) in [6.45, 7) is 6.49. The van der Waals surface area contributed by atoms with Crippen LogP contribution in [0, 0.1) is 11.3 Å². The van der Waals surface area contributed by atoms with Gasteiger partial charge >= 0.3 is 0 Å². The molecule has 0 spiro atoms. The Hall–Kier alpha value is -0.0500. The lowest BCUT2D eigenvalue weighted by Gasteiger charge is -2.21. The van der Waals surface area contributed by atoms with Crippen LogP contribution in [0.2, 0.25) is 0 Å². The standard InChI is InChI=1S/C9H18O2S/c1-9(2,3)6-8-4-5-12(10,11)7-8/h8H,4-7H2,1-3H3. The molecule has 1 rings (SSSR count). The van der Waals surface area contributed by atoms with E-state index >= 15 is 0 Å². The largest absolute Gasteiger partial charge is 0.229 e. The average molecular weight is 190 g/mol. The van der Waals surface area contributed by atoms with Crippen molar-refractivity contribution in [2.75, 3.05) is 11.5 Å². The van der Waals surface area contributed by atoms with Gasteiger partial charge in [-0.15, -0.1) is 0 Å². The third-order valence-electron chi connectivity index (χ3n) is 2.23. The summed E-state index contributed by atoms with van der Waals surface area (Å²) in [5, 5.41) is 0. The fraction of sp³-hybridized carbons (Fsp3) is 1.00. The first kappa shape index (κ1) is 10.0. The van der Waals surface area contributed by atoms with Crippen molar-refractivity contribution in [3.8, 4) is 0 Å². The Kier molecular flexibility index (Phi) is 2.52. The minimum atomic E-state index is -2.67. The van der Waals surface area contributed by atoms with Crippen LogP contribution in [-0.4, -0.2) is 19.9 Å². The van der Waals surface area contributed by atoms with E-state index in [4.69, 9.17) is 0 Å². The molecule has 1 aliphatic rings. The third-order valence-corrected chi connectivity index (χ3v) is 4.06. The van der Waals surface area contributed by atoms with E-state index < -0.39 is 9.84 Å². The molecule has 0 saturated carbocycles.